The number of rotatable bonds is 4. The van der Waals surface area contributed by atoms with Crippen molar-refractivity contribution >= 4 is 17.3 Å². The molecule has 0 aliphatic carbocycles. The minimum atomic E-state index is -0.244. The minimum Gasteiger partial charge on any atom is -0.373 e. The molecule has 1 heterocycles. The van der Waals surface area contributed by atoms with Crippen molar-refractivity contribution < 1.29 is 4.39 Å². The average molecular weight is 260 g/mol. The largest absolute Gasteiger partial charge is 0.373 e. The van der Waals surface area contributed by atoms with E-state index >= 15 is 0 Å². The van der Waals surface area contributed by atoms with E-state index in [1.807, 2.05) is 19.0 Å². The number of anilines is 3. The molecule has 0 saturated heterocycles. The number of benzene rings is 1. The van der Waals surface area contributed by atoms with Crippen molar-refractivity contribution in [1.29, 1.82) is 0 Å². The molecule has 0 bridgehead atoms. The SMILES string of the molecule is CCc1c(NC)ncnc1N(C)c1ccc(F)cc1. The Labute approximate surface area is 112 Å². The van der Waals surface area contributed by atoms with E-state index in [1.54, 1.807) is 12.1 Å². The lowest BCUT2D eigenvalue weighted by molar-refractivity contribution is 0.628. The molecule has 100 valence electrons. The highest BCUT2D eigenvalue weighted by atomic mass is 19.1. The predicted molar refractivity (Wildman–Crippen MR) is 75.4 cm³/mol. The number of hydrogen-bond donors (Lipinski definition) is 1. The Balaban J connectivity index is 2.43. The number of nitrogens with zero attached hydrogens (tertiary/aromatic N) is 3. The van der Waals surface area contributed by atoms with Crippen LogP contribution in [-0.2, 0) is 6.42 Å². The number of halogens is 1. The molecule has 1 aromatic heterocycles. The molecule has 0 saturated carbocycles. The molecule has 1 aromatic carbocycles. The molecular formula is C14H17FN4. The molecule has 0 spiro atoms. The van der Waals surface area contributed by atoms with Crippen molar-refractivity contribution in [3.8, 4) is 0 Å². The van der Waals surface area contributed by atoms with Crippen LogP contribution in [-0.4, -0.2) is 24.1 Å². The van der Waals surface area contributed by atoms with Crippen molar-refractivity contribution in [2.24, 2.45) is 0 Å². The summed E-state index contributed by atoms with van der Waals surface area (Å²) in [7, 11) is 3.75. The first-order valence-corrected chi connectivity index (χ1v) is 6.18. The molecule has 1 N–H and O–H groups in total. The lowest BCUT2D eigenvalue weighted by atomic mass is 10.2. The van der Waals surface area contributed by atoms with E-state index in [0.29, 0.717) is 0 Å². The summed E-state index contributed by atoms with van der Waals surface area (Å²) < 4.78 is 13.0. The molecule has 0 radical (unpaired) electrons. The second-order valence-corrected chi connectivity index (χ2v) is 4.16. The summed E-state index contributed by atoms with van der Waals surface area (Å²) in [6, 6.07) is 6.35. The first-order valence-electron chi connectivity index (χ1n) is 6.18. The van der Waals surface area contributed by atoms with Gasteiger partial charge in [0.15, 0.2) is 0 Å². The quantitative estimate of drug-likeness (QED) is 0.917. The molecule has 2 aromatic rings. The number of aromatic nitrogens is 2. The Hall–Kier alpha value is -2.17. The zero-order valence-electron chi connectivity index (χ0n) is 11.3. The second-order valence-electron chi connectivity index (χ2n) is 4.16. The molecule has 2 rings (SSSR count). The van der Waals surface area contributed by atoms with E-state index in [-0.39, 0.29) is 5.82 Å². The molecule has 0 aliphatic rings. The van der Waals surface area contributed by atoms with Crippen LogP contribution in [0.2, 0.25) is 0 Å². The van der Waals surface area contributed by atoms with Crippen molar-refractivity contribution in [1.82, 2.24) is 9.97 Å². The van der Waals surface area contributed by atoms with E-state index in [2.05, 4.69) is 22.2 Å². The Bertz CT molecular complexity index is 554. The predicted octanol–water partition coefficient (Wildman–Crippen LogP) is 2.99. The highest BCUT2D eigenvalue weighted by Crippen LogP contribution is 2.28. The summed E-state index contributed by atoms with van der Waals surface area (Å²) in [5, 5.41) is 3.06. The topological polar surface area (TPSA) is 41.1 Å². The molecule has 0 unspecified atom stereocenters. The van der Waals surface area contributed by atoms with Crippen molar-refractivity contribution in [2.75, 3.05) is 24.3 Å². The Morgan fingerprint density at radius 3 is 2.47 bits per heavy atom. The summed E-state index contributed by atoms with van der Waals surface area (Å²) in [5.74, 6) is 1.40. The van der Waals surface area contributed by atoms with Crippen LogP contribution < -0.4 is 10.2 Å². The summed E-state index contributed by atoms with van der Waals surface area (Å²) in [6.07, 6.45) is 2.35. The Kier molecular flexibility index (Phi) is 3.94. The number of nitrogens with one attached hydrogen (secondary N) is 1. The first kappa shape index (κ1) is 13.3. The fourth-order valence-corrected chi connectivity index (χ4v) is 2.02. The zero-order valence-corrected chi connectivity index (χ0v) is 11.3. The van der Waals surface area contributed by atoms with Crippen LogP contribution in [0.5, 0.6) is 0 Å². The lowest BCUT2D eigenvalue weighted by Gasteiger charge is -2.22. The summed E-state index contributed by atoms with van der Waals surface area (Å²) in [6.45, 7) is 2.06. The summed E-state index contributed by atoms with van der Waals surface area (Å²) in [5.41, 5.74) is 1.92. The van der Waals surface area contributed by atoms with Gasteiger partial charge in [0.05, 0.1) is 0 Å². The van der Waals surface area contributed by atoms with E-state index < -0.39 is 0 Å². The highest BCUT2D eigenvalue weighted by Gasteiger charge is 2.13. The normalized spacial score (nSPS) is 10.3. The molecule has 0 atom stereocenters. The fourth-order valence-electron chi connectivity index (χ4n) is 2.02. The van der Waals surface area contributed by atoms with Crippen molar-refractivity contribution in [2.45, 2.75) is 13.3 Å². The van der Waals surface area contributed by atoms with Crippen LogP contribution in [0.4, 0.5) is 21.7 Å². The molecule has 5 heteroatoms. The van der Waals surface area contributed by atoms with Crippen LogP contribution in [0.25, 0.3) is 0 Å². The number of hydrogen-bond acceptors (Lipinski definition) is 4. The fraction of sp³-hybridized carbons (Fsp3) is 0.286. The van der Waals surface area contributed by atoms with Crippen LogP contribution >= 0.6 is 0 Å². The van der Waals surface area contributed by atoms with Crippen LogP contribution in [0.3, 0.4) is 0 Å². The zero-order chi connectivity index (χ0) is 13.8. The maximum absolute atomic E-state index is 13.0. The lowest BCUT2D eigenvalue weighted by Crippen LogP contribution is -2.15. The van der Waals surface area contributed by atoms with Crippen molar-refractivity contribution in [3.05, 3.63) is 42.0 Å². The Morgan fingerprint density at radius 2 is 1.89 bits per heavy atom. The van der Waals surface area contributed by atoms with Crippen molar-refractivity contribution in [3.63, 3.8) is 0 Å². The van der Waals surface area contributed by atoms with Gasteiger partial charge in [0.1, 0.15) is 23.8 Å². The molecule has 0 fully saturated rings. The Morgan fingerprint density at radius 1 is 1.21 bits per heavy atom. The van der Waals surface area contributed by atoms with Gasteiger partial charge in [-0.15, -0.1) is 0 Å². The maximum Gasteiger partial charge on any atom is 0.141 e. The summed E-state index contributed by atoms with van der Waals surface area (Å²) in [4.78, 5) is 10.5. The van der Waals surface area contributed by atoms with Crippen LogP contribution in [0.1, 0.15) is 12.5 Å². The first-order chi connectivity index (χ1) is 9.17. The maximum atomic E-state index is 13.0. The van der Waals surface area contributed by atoms with Gasteiger partial charge in [-0.3, -0.25) is 0 Å². The van der Waals surface area contributed by atoms with Crippen LogP contribution in [0.15, 0.2) is 30.6 Å². The third kappa shape index (κ3) is 2.65. The molecule has 19 heavy (non-hydrogen) atoms. The molecular weight excluding hydrogens is 243 g/mol. The van der Waals surface area contributed by atoms with Gasteiger partial charge >= 0.3 is 0 Å². The third-order valence-electron chi connectivity index (χ3n) is 3.04. The minimum absolute atomic E-state index is 0.244. The van der Waals surface area contributed by atoms with Gasteiger partial charge in [0, 0.05) is 25.3 Å². The molecule has 0 amide bonds. The standard InChI is InChI=1S/C14H17FN4/c1-4-12-13(16-2)17-9-18-14(12)19(3)11-7-5-10(15)6-8-11/h5-9H,4H2,1-3H3,(H,16,17,18). The van der Waals surface area contributed by atoms with E-state index in [1.165, 1.54) is 18.5 Å². The van der Waals surface area contributed by atoms with Gasteiger partial charge in [-0.05, 0) is 30.7 Å². The second kappa shape index (κ2) is 5.65. The van der Waals surface area contributed by atoms with E-state index in [9.17, 15) is 4.39 Å². The summed E-state index contributed by atoms with van der Waals surface area (Å²) >= 11 is 0. The smallest absolute Gasteiger partial charge is 0.141 e. The third-order valence-corrected chi connectivity index (χ3v) is 3.04. The van der Waals surface area contributed by atoms with E-state index in [4.69, 9.17) is 0 Å². The average Bonchev–Trinajstić information content (AvgIpc) is 2.46. The van der Waals surface area contributed by atoms with Gasteiger partial charge in [-0.1, -0.05) is 6.92 Å². The van der Waals surface area contributed by atoms with Gasteiger partial charge in [-0.2, -0.15) is 0 Å². The van der Waals surface area contributed by atoms with Gasteiger partial charge in [0.25, 0.3) is 0 Å². The van der Waals surface area contributed by atoms with Gasteiger partial charge < -0.3 is 10.2 Å². The molecule has 0 aliphatic heterocycles. The van der Waals surface area contributed by atoms with E-state index in [0.717, 1.165) is 29.3 Å². The highest BCUT2D eigenvalue weighted by molar-refractivity contribution is 5.66. The molecule has 4 nitrogen and oxygen atoms in total. The van der Waals surface area contributed by atoms with Gasteiger partial charge in [-0.25, -0.2) is 14.4 Å². The van der Waals surface area contributed by atoms with Gasteiger partial charge in [0.2, 0.25) is 0 Å². The monoisotopic (exact) mass is 260 g/mol. The van der Waals surface area contributed by atoms with Crippen LogP contribution in [0, 0.1) is 5.82 Å².